The molecule has 5 heteroatoms. The van der Waals surface area contributed by atoms with Gasteiger partial charge in [0.1, 0.15) is 0 Å². The SMILES string of the molecule is CS(=O)(=O)N1CCC2(CC1)COC(Cc1ccccc1)C2. The Bertz CT molecular complexity index is 577. The van der Waals surface area contributed by atoms with E-state index >= 15 is 0 Å². The van der Waals surface area contributed by atoms with E-state index in [4.69, 9.17) is 4.74 Å². The van der Waals surface area contributed by atoms with E-state index in [1.165, 1.54) is 11.8 Å². The Hall–Kier alpha value is -0.910. The van der Waals surface area contributed by atoms with Gasteiger partial charge in [0.15, 0.2) is 0 Å². The van der Waals surface area contributed by atoms with Crippen LogP contribution in [-0.2, 0) is 21.2 Å². The fraction of sp³-hybridized carbons (Fsp3) is 0.625. The maximum atomic E-state index is 11.6. The van der Waals surface area contributed by atoms with E-state index in [0.29, 0.717) is 13.1 Å². The number of hydrogen-bond donors (Lipinski definition) is 0. The topological polar surface area (TPSA) is 46.6 Å². The number of hydrogen-bond acceptors (Lipinski definition) is 3. The Morgan fingerprint density at radius 3 is 2.52 bits per heavy atom. The Morgan fingerprint density at radius 2 is 1.90 bits per heavy atom. The van der Waals surface area contributed by atoms with Crippen LogP contribution < -0.4 is 0 Å². The molecule has 2 aliphatic rings. The molecule has 3 rings (SSSR count). The van der Waals surface area contributed by atoms with E-state index < -0.39 is 10.0 Å². The van der Waals surface area contributed by atoms with Gasteiger partial charge in [-0.25, -0.2) is 12.7 Å². The van der Waals surface area contributed by atoms with Crippen LogP contribution in [0.3, 0.4) is 0 Å². The lowest BCUT2D eigenvalue weighted by atomic mass is 9.76. The molecule has 1 spiro atoms. The Balaban J connectivity index is 1.58. The molecule has 2 aliphatic heterocycles. The largest absolute Gasteiger partial charge is 0.377 e. The van der Waals surface area contributed by atoms with Crippen molar-refractivity contribution in [1.29, 1.82) is 0 Å². The van der Waals surface area contributed by atoms with Gasteiger partial charge in [0.25, 0.3) is 0 Å². The van der Waals surface area contributed by atoms with Crippen LogP contribution in [-0.4, -0.2) is 44.8 Å². The zero-order valence-electron chi connectivity index (χ0n) is 12.5. The summed E-state index contributed by atoms with van der Waals surface area (Å²) in [6, 6.07) is 10.4. The van der Waals surface area contributed by atoms with Gasteiger partial charge in [0, 0.05) is 13.1 Å². The molecular weight excluding hydrogens is 286 g/mol. The van der Waals surface area contributed by atoms with Crippen molar-refractivity contribution in [3.63, 3.8) is 0 Å². The van der Waals surface area contributed by atoms with Crippen LogP contribution >= 0.6 is 0 Å². The Morgan fingerprint density at radius 1 is 1.24 bits per heavy atom. The van der Waals surface area contributed by atoms with Gasteiger partial charge in [-0.2, -0.15) is 0 Å². The van der Waals surface area contributed by atoms with Crippen molar-refractivity contribution in [2.45, 2.75) is 31.8 Å². The van der Waals surface area contributed by atoms with Gasteiger partial charge < -0.3 is 4.74 Å². The van der Waals surface area contributed by atoms with Crippen molar-refractivity contribution in [1.82, 2.24) is 4.31 Å². The molecule has 0 bridgehead atoms. The highest BCUT2D eigenvalue weighted by atomic mass is 32.2. The molecule has 21 heavy (non-hydrogen) atoms. The van der Waals surface area contributed by atoms with E-state index in [9.17, 15) is 8.42 Å². The summed E-state index contributed by atoms with van der Waals surface area (Å²) in [7, 11) is -3.04. The number of ether oxygens (including phenoxy) is 1. The summed E-state index contributed by atoms with van der Waals surface area (Å²) in [5.74, 6) is 0. The minimum absolute atomic E-state index is 0.195. The van der Waals surface area contributed by atoms with E-state index in [1.807, 2.05) is 6.07 Å². The first-order valence-electron chi connectivity index (χ1n) is 7.58. The van der Waals surface area contributed by atoms with Crippen molar-refractivity contribution in [2.75, 3.05) is 26.0 Å². The standard InChI is InChI=1S/C16H23NO3S/c1-21(18,19)17-9-7-16(8-10-17)12-15(20-13-16)11-14-5-3-2-4-6-14/h2-6,15H,7-13H2,1H3. The highest BCUT2D eigenvalue weighted by Gasteiger charge is 2.43. The minimum atomic E-state index is -3.04. The lowest BCUT2D eigenvalue weighted by molar-refractivity contribution is 0.0793. The van der Waals surface area contributed by atoms with Crippen molar-refractivity contribution in [2.24, 2.45) is 5.41 Å². The molecule has 0 N–H and O–H groups in total. The zero-order valence-corrected chi connectivity index (χ0v) is 13.3. The van der Waals surface area contributed by atoms with Crippen molar-refractivity contribution < 1.29 is 13.2 Å². The average molecular weight is 309 g/mol. The number of sulfonamides is 1. The van der Waals surface area contributed by atoms with E-state index in [2.05, 4.69) is 24.3 Å². The molecule has 2 saturated heterocycles. The van der Waals surface area contributed by atoms with Crippen molar-refractivity contribution in [3.8, 4) is 0 Å². The van der Waals surface area contributed by atoms with Gasteiger partial charge in [-0.3, -0.25) is 0 Å². The second kappa shape index (κ2) is 5.71. The van der Waals surface area contributed by atoms with Crippen LogP contribution in [0.15, 0.2) is 30.3 Å². The van der Waals surface area contributed by atoms with Gasteiger partial charge in [-0.05, 0) is 36.7 Å². The first-order valence-corrected chi connectivity index (χ1v) is 9.42. The number of rotatable bonds is 3. The molecule has 0 saturated carbocycles. The first kappa shape index (κ1) is 15.0. The van der Waals surface area contributed by atoms with Crippen LogP contribution in [0.1, 0.15) is 24.8 Å². The lowest BCUT2D eigenvalue weighted by Crippen LogP contribution is -2.43. The molecule has 0 radical (unpaired) electrons. The predicted molar refractivity (Wildman–Crippen MR) is 82.6 cm³/mol. The van der Waals surface area contributed by atoms with Crippen molar-refractivity contribution >= 4 is 10.0 Å². The monoisotopic (exact) mass is 309 g/mol. The molecule has 0 amide bonds. The smallest absolute Gasteiger partial charge is 0.211 e. The quantitative estimate of drug-likeness (QED) is 0.858. The maximum absolute atomic E-state index is 11.6. The van der Waals surface area contributed by atoms with Crippen LogP contribution in [0.4, 0.5) is 0 Å². The molecule has 2 fully saturated rings. The molecule has 116 valence electrons. The summed E-state index contributed by atoms with van der Waals surface area (Å²) in [6.45, 7) is 2.06. The van der Waals surface area contributed by atoms with Crippen LogP contribution in [0.25, 0.3) is 0 Å². The molecule has 4 nitrogen and oxygen atoms in total. The van der Waals surface area contributed by atoms with Gasteiger partial charge in [0.2, 0.25) is 10.0 Å². The van der Waals surface area contributed by atoms with Gasteiger partial charge >= 0.3 is 0 Å². The maximum Gasteiger partial charge on any atom is 0.211 e. The summed E-state index contributed by atoms with van der Waals surface area (Å²) in [5, 5.41) is 0. The third-order valence-corrected chi connectivity index (χ3v) is 6.15. The molecule has 1 aromatic rings. The first-order chi connectivity index (χ1) is 9.97. The molecular formula is C16H23NO3S. The molecule has 1 aromatic carbocycles. The Kier molecular flexibility index (Phi) is 4.08. The third-order valence-electron chi connectivity index (χ3n) is 4.84. The van der Waals surface area contributed by atoms with Crippen LogP contribution in [0.2, 0.25) is 0 Å². The molecule has 2 heterocycles. The van der Waals surface area contributed by atoms with Crippen LogP contribution in [0.5, 0.6) is 0 Å². The highest BCUT2D eigenvalue weighted by Crippen LogP contribution is 2.43. The van der Waals surface area contributed by atoms with Gasteiger partial charge in [0.05, 0.1) is 19.0 Å². The zero-order chi connectivity index (χ0) is 14.9. The van der Waals surface area contributed by atoms with Crippen molar-refractivity contribution in [3.05, 3.63) is 35.9 Å². The fourth-order valence-electron chi connectivity index (χ4n) is 3.54. The number of piperidine rings is 1. The average Bonchev–Trinajstić information content (AvgIpc) is 2.82. The minimum Gasteiger partial charge on any atom is -0.377 e. The molecule has 1 unspecified atom stereocenters. The number of nitrogens with zero attached hydrogens (tertiary/aromatic N) is 1. The Labute approximate surface area is 127 Å². The van der Waals surface area contributed by atoms with E-state index in [-0.39, 0.29) is 11.5 Å². The van der Waals surface area contributed by atoms with E-state index in [1.54, 1.807) is 4.31 Å². The lowest BCUT2D eigenvalue weighted by Gasteiger charge is -2.37. The molecule has 1 atom stereocenters. The predicted octanol–water partition coefficient (Wildman–Crippen LogP) is 2.06. The molecule has 0 aromatic heterocycles. The summed E-state index contributed by atoms with van der Waals surface area (Å²) < 4.78 is 30.8. The van der Waals surface area contributed by atoms with Gasteiger partial charge in [-0.15, -0.1) is 0 Å². The second-order valence-electron chi connectivity index (χ2n) is 6.49. The second-order valence-corrected chi connectivity index (χ2v) is 8.47. The summed E-state index contributed by atoms with van der Waals surface area (Å²) in [5.41, 5.74) is 1.51. The highest BCUT2D eigenvalue weighted by molar-refractivity contribution is 7.88. The third kappa shape index (κ3) is 3.47. The van der Waals surface area contributed by atoms with Crippen LogP contribution in [0, 0.1) is 5.41 Å². The fourth-order valence-corrected chi connectivity index (χ4v) is 4.39. The van der Waals surface area contributed by atoms with E-state index in [0.717, 1.165) is 32.3 Å². The number of benzene rings is 1. The summed E-state index contributed by atoms with van der Waals surface area (Å²) >= 11 is 0. The van der Waals surface area contributed by atoms with Gasteiger partial charge in [-0.1, -0.05) is 30.3 Å². The molecule has 0 aliphatic carbocycles. The summed E-state index contributed by atoms with van der Waals surface area (Å²) in [6.07, 6.45) is 5.43. The summed E-state index contributed by atoms with van der Waals surface area (Å²) in [4.78, 5) is 0. The normalized spacial score (nSPS) is 26.2.